The Morgan fingerprint density at radius 3 is 2.37 bits per heavy atom. The molecule has 9 nitrogen and oxygen atoms in total. The summed E-state index contributed by atoms with van der Waals surface area (Å²) in [5.74, 6) is 2.25. The maximum Gasteiger partial charge on any atom is 0.259 e. The van der Waals surface area contributed by atoms with Crippen molar-refractivity contribution in [2.75, 3.05) is 41.7 Å². The fraction of sp³-hybridized carbons (Fsp3) is 0.222. The first-order chi connectivity index (χ1) is 13.3. The van der Waals surface area contributed by atoms with Crippen LogP contribution in [0.3, 0.4) is 0 Å². The highest BCUT2D eigenvalue weighted by Gasteiger charge is 2.21. The molecule has 2 N–H and O–H groups in total. The highest BCUT2D eigenvalue weighted by Crippen LogP contribution is 2.21. The number of fused-ring (bicyclic) bond motifs is 1. The molecular formula is C18H18N8O. The van der Waals surface area contributed by atoms with Gasteiger partial charge < -0.3 is 20.0 Å². The van der Waals surface area contributed by atoms with Crippen LogP contribution in [0.2, 0.25) is 0 Å². The minimum atomic E-state index is 0.255. The third-order valence-electron chi connectivity index (χ3n) is 4.65. The monoisotopic (exact) mass is 362 g/mol. The molecule has 0 atom stereocenters. The third kappa shape index (κ3) is 2.82. The summed E-state index contributed by atoms with van der Waals surface area (Å²) in [6, 6.07) is 14.0. The molecular weight excluding hydrogens is 344 g/mol. The number of nitrogens with zero attached hydrogens (tertiary/aromatic N) is 7. The van der Waals surface area contributed by atoms with E-state index in [1.165, 1.54) is 10.2 Å². The summed E-state index contributed by atoms with van der Waals surface area (Å²) >= 11 is 0. The van der Waals surface area contributed by atoms with Crippen LogP contribution in [-0.4, -0.2) is 50.7 Å². The predicted octanol–water partition coefficient (Wildman–Crippen LogP) is 1.69. The standard InChI is InChI=1S/C18H18N8O/c19-16-21-17(22-18-20-15(23-26(16)18)14-7-4-12-27-14)25-10-8-24(9-11-25)13-5-2-1-3-6-13/h1-7,12H,8-11H2,(H2,19,20,21,22,23). The van der Waals surface area contributed by atoms with Crippen LogP contribution in [0.15, 0.2) is 53.1 Å². The Hall–Kier alpha value is -3.62. The van der Waals surface area contributed by atoms with E-state index < -0.39 is 0 Å². The Bertz CT molecular complexity index is 1050. The van der Waals surface area contributed by atoms with Gasteiger partial charge in [0.1, 0.15) is 0 Å². The van der Waals surface area contributed by atoms with Gasteiger partial charge in [-0.15, -0.1) is 5.10 Å². The van der Waals surface area contributed by atoms with Gasteiger partial charge in [-0.05, 0) is 24.3 Å². The van der Waals surface area contributed by atoms with Crippen molar-refractivity contribution in [2.24, 2.45) is 0 Å². The third-order valence-corrected chi connectivity index (χ3v) is 4.65. The molecule has 0 unspecified atom stereocenters. The second-order valence-corrected chi connectivity index (χ2v) is 6.32. The average molecular weight is 362 g/mol. The molecule has 4 heterocycles. The number of rotatable bonds is 3. The Balaban J connectivity index is 1.39. The number of para-hydroxylation sites is 1. The normalized spacial score (nSPS) is 14.8. The van der Waals surface area contributed by atoms with Crippen LogP contribution < -0.4 is 15.5 Å². The molecule has 27 heavy (non-hydrogen) atoms. The molecule has 1 aliphatic heterocycles. The number of hydrogen-bond acceptors (Lipinski definition) is 8. The van der Waals surface area contributed by atoms with Crippen molar-refractivity contribution in [3.8, 4) is 11.6 Å². The number of nitrogens with two attached hydrogens (primary N) is 1. The molecule has 0 aliphatic carbocycles. The summed E-state index contributed by atoms with van der Waals surface area (Å²) in [5.41, 5.74) is 7.32. The second kappa shape index (κ2) is 6.27. The van der Waals surface area contributed by atoms with Crippen molar-refractivity contribution in [1.82, 2.24) is 24.6 Å². The molecule has 3 aromatic heterocycles. The first-order valence-electron chi connectivity index (χ1n) is 8.77. The van der Waals surface area contributed by atoms with Crippen LogP contribution in [0.25, 0.3) is 17.4 Å². The highest BCUT2D eigenvalue weighted by molar-refractivity contribution is 5.54. The van der Waals surface area contributed by atoms with Crippen LogP contribution in [-0.2, 0) is 0 Å². The van der Waals surface area contributed by atoms with Crippen LogP contribution >= 0.6 is 0 Å². The van der Waals surface area contributed by atoms with Crippen molar-refractivity contribution in [2.45, 2.75) is 0 Å². The number of benzene rings is 1. The first-order valence-corrected chi connectivity index (χ1v) is 8.77. The lowest BCUT2D eigenvalue weighted by atomic mass is 10.2. The van der Waals surface area contributed by atoms with Gasteiger partial charge in [0.15, 0.2) is 5.76 Å². The SMILES string of the molecule is Nc1nc(N2CCN(c3ccccc3)CC2)nc2nc(-c3ccco3)nn12. The molecule has 4 aromatic rings. The van der Waals surface area contributed by atoms with E-state index in [9.17, 15) is 0 Å². The van der Waals surface area contributed by atoms with E-state index in [4.69, 9.17) is 10.2 Å². The predicted molar refractivity (Wildman–Crippen MR) is 102 cm³/mol. The van der Waals surface area contributed by atoms with Gasteiger partial charge in [0.25, 0.3) is 5.78 Å². The lowest BCUT2D eigenvalue weighted by Crippen LogP contribution is -2.47. The highest BCUT2D eigenvalue weighted by atomic mass is 16.3. The molecule has 0 radical (unpaired) electrons. The lowest BCUT2D eigenvalue weighted by Gasteiger charge is -2.36. The molecule has 1 aromatic carbocycles. The van der Waals surface area contributed by atoms with Gasteiger partial charge in [0.05, 0.1) is 6.26 Å². The van der Waals surface area contributed by atoms with Crippen molar-refractivity contribution in [3.05, 3.63) is 48.7 Å². The fourth-order valence-electron chi connectivity index (χ4n) is 3.25. The van der Waals surface area contributed by atoms with Crippen LogP contribution in [0.1, 0.15) is 0 Å². The Morgan fingerprint density at radius 2 is 1.63 bits per heavy atom. The molecule has 0 saturated carbocycles. The number of furan rings is 1. The van der Waals surface area contributed by atoms with Crippen molar-refractivity contribution in [1.29, 1.82) is 0 Å². The topological polar surface area (TPSA) is 102 Å². The van der Waals surface area contributed by atoms with Gasteiger partial charge in [-0.2, -0.15) is 19.5 Å². The summed E-state index contributed by atoms with van der Waals surface area (Å²) in [6.45, 7) is 3.40. The van der Waals surface area contributed by atoms with E-state index in [0.717, 1.165) is 26.2 Å². The zero-order chi connectivity index (χ0) is 18.2. The van der Waals surface area contributed by atoms with E-state index in [1.54, 1.807) is 18.4 Å². The number of nitrogen functional groups attached to an aromatic ring is 1. The van der Waals surface area contributed by atoms with E-state index in [-0.39, 0.29) is 5.95 Å². The molecule has 9 heteroatoms. The van der Waals surface area contributed by atoms with E-state index >= 15 is 0 Å². The van der Waals surface area contributed by atoms with Crippen molar-refractivity contribution < 1.29 is 4.42 Å². The molecule has 0 amide bonds. The van der Waals surface area contributed by atoms with Gasteiger partial charge in [0.2, 0.25) is 17.7 Å². The van der Waals surface area contributed by atoms with Gasteiger partial charge in [-0.25, -0.2) is 0 Å². The van der Waals surface area contributed by atoms with Crippen LogP contribution in [0, 0.1) is 0 Å². The smallest absolute Gasteiger partial charge is 0.259 e. The van der Waals surface area contributed by atoms with Crippen LogP contribution in [0.4, 0.5) is 17.6 Å². The zero-order valence-corrected chi connectivity index (χ0v) is 14.6. The fourth-order valence-corrected chi connectivity index (χ4v) is 3.25. The Labute approximate surface area is 155 Å². The lowest BCUT2D eigenvalue weighted by molar-refractivity contribution is 0.577. The summed E-state index contributed by atoms with van der Waals surface area (Å²) in [7, 11) is 0. The van der Waals surface area contributed by atoms with Gasteiger partial charge >= 0.3 is 0 Å². The summed E-state index contributed by atoms with van der Waals surface area (Å²) < 4.78 is 6.78. The minimum Gasteiger partial charge on any atom is -0.461 e. The first kappa shape index (κ1) is 15.6. The number of anilines is 3. The quantitative estimate of drug-likeness (QED) is 0.587. The molecule has 0 bridgehead atoms. The molecule has 1 saturated heterocycles. The van der Waals surface area contributed by atoms with Gasteiger partial charge in [-0.3, -0.25) is 0 Å². The van der Waals surface area contributed by atoms with Gasteiger partial charge in [-0.1, -0.05) is 18.2 Å². The Morgan fingerprint density at radius 1 is 0.852 bits per heavy atom. The molecule has 136 valence electrons. The van der Waals surface area contributed by atoms with Crippen molar-refractivity contribution in [3.63, 3.8) is 0 Å². The van der Waals surface area contributed by atoms with E-state index in [1.807, 2.05) is 6.07 Å². The Kier molecular flexibility index (Phi) is 3.63. The van der Waals surface area contributed by atoms with Gasteiger partial charge in [0, 0.05) is 31.9 Å². The maximum atomic E-state index is 6.09. The molecule has 1 aliphatic rings. The average Bonchev–Trinajstić information content (AvgIpc) is 3.38. The van der Waals surface area contributed by atoms with E-state index in [2.05, 4.69) is 54.1 Å². The number of piperazine rings is 1. The maximum absolute atomic E-state index is 6.09. The van der Waals surface area contributed by atoms with E-state index in [0.29, 0.717) is 23.3 Å². The summed E-state index contributed by atoms with van der Waals surface area (Å²) in [5, 5.41) is 4.33. The molecule has 5 rings (SSSR count). The summed E-state index contributed by atoms with van der Waals surface area (Å²) in [6.07, 6.45) is 1.58. The second-order valence-electron chi connectivity index (χ2n) is 6.32. The largest absolute Gasteiger partial charge is 0.461 e. The van der Waals surface area contributed by atoms with Crippen molar-refractivity contribution >= 4 is 23.4 Å². The minimum absolute atomic E-state index is 0.255. The summed E-state index contributed by atoms with van der Waals surface area (Å²) in [4.78, 5) is 17.9. The van der Waals surface area contributed by atoms with Crippen LogP contribution in [0.5, 0.6) is 0 Å². The molecule has 1 fully saturated rings. The number of hydrogen-bond donors (Lipinski definition) is 1. The zero-order valence-electron chi connectivity index (χ0n) is 14.6. The number of aromatic nitrogens is 5. The molecule has 0 spiro atoms.